The second-order valence-corrected chi connectivity index (χ2v) is 6.21. The summed E-state index contributed by atoms with van der Waals surface area (Å²) < 4.78 is 12.3. The van der Waals surface area contributed by atoms with Crippen LogP contribution in [-0.2, 0) is 25.6 Å². The van der Waals surface area contributed by atoms with Crippen molar-refractivity contribution >= 4 is 17.5 Å². The first-order chi connectivity index (χ1) is 11.7. The van der Waals surface area contributed by atoms with Gasteiger partial charge in [-0.25, -0.2) is 0 Å². The summed E-state index contributed by atoms with van der Waals surface area (Å²) in [5.74, 6) is -0.174. The van der Waals surface area contributed by atoms with Crippen LogP contribution in [0.4, 0.5) is 5.69 Å². The molecule has 3 heterocycles. The van der Waals surface area contributed by atoms with E-state index in [0.717, 1.165) is 45.4 Å². The van der Waals surface area contributed by atoms with Gasteiger partial charge in [-0.1, -0.05) is 0 Å². The molecule has 2 aliphatic heterocycles. The number of amides is 2. The smallest absolute Gasteiger partial charge is 0.250 e. The van der Waals surface area contributed by atoms with Crippen LogP contribution in [0.1, 0.15) is 25.7 Å². The molecule has 2 fully saturated rings. The molecule has 8 nitrogen and oxygen atoms in total. The minimum Gasteiger partial charge on any atom is -0.376 e. The van der Waals surface area contributed by atoms with Gasteiger partial charge in [0.1, 0.15) is 13.2 Å². The molecule has 0 saturated carbocycles. The number of hydrogen-bond donors (Lipinski definition) is 1. The van der Waals surface area contributed by atoms with Crippen LogP contribution in [0.3, 0.4) is 0 Å². The summed E-state index contributed by atoms with van der Waals surface area (Å²) in [5, 5.41) is 6.84. The molecule has 1 N–H and O–H groups in total. The fourth-order valence-electron chi connectivity index (χ4n) is 2.98. The minimum absolute atomic E-state index is 0.0161. The normalized spacial score (nSPS) is 20.5. The van der Waals surface area contributed by atoms with E-state index in [0.29, 0.717) is 12.3 Å². The van der Waals surface area contributed by atoms with Crippen molar-refractivity contribution in [1.82, 2.24) is 14.7 Å². The van der Waals surface area contributed by atoms with E-state index >= 15 is 0 Å². The maximum Gasteiger partial charge on any atom is 0.250 e. The SMILES string of the molecule is O=C(COCC1CCCO1)Nc1cnn(CC(=O)N2CCCC2)c1. The van der Waals surface area contributed by atoms with Crippen molar-refractivity contribution in [3.8, 4) is 0 Å². The molecule has 132 valence electrons. The Labute approximate surface area is 141 Å². The maximum atomic E-state index is 12.1. The molecule has 1 aromatic heterocycles. The van der Waals surface area contributed by atoms with Crippen LogP contribution in [0.15, 0.2) is 12.4 Å². The number of ether oxygens (including phenoxy) is 2. The molecule has 0 spiro atoms. The molecule has 0 aliphatic carbocycles. The lowest BCUT2D eigenvalue weighted by atomic mass is 10.2. The number of rotatable bonds is 7. The summed E-state index contributed by atoms with van der Waals surface area (Å²) in [6.07, 6.45) is 7.48. The monoisotopic (exact) mass is 336 g/mol. The Balaban J connectivity index is 1.38. The summed E-state index contributed by atoms with van der Waals surface area (Å²) in [6.45, 7) is 3.05. The molecule has 0 aromatic carbocycles. The van der Waals surface area contributed by atoms with Crippen LogP contribution < -0.4 is 5.32 Å². The molecule has 2 amide bonds. The quantitative estimate of drug-likeness (QED) is 0.790. The van der Waals surface area contributed by atoms with Crippen LogP contribution in [0.25, 0.3) is 0 Å². The van der Waals surface area contributed by atoms with Gasteiger partial charge in [0.05, 0.1) is 24.6 Å². The van der Waals surface area contributed by atoms with Crippen LogP contribution in [-0.4, -0.2) is 65.5 Å². The highest BCUT2D eigenvalue weighted by Gasteiger charge is 2.19. The molecule has 0 bridgehead atoms. The minimum atomic E-state index is -0.238. The lowest BCUT2D eigenvalue weighted by Gasteiger charge is -2.14. The molecular weight excluding hydrogens is 312 g/mol. The van der Waals surface area contributed by atoms with Gasteiger partial charge < -0.3 is 19.7 Å². The molecule has 2 saturated heterocycles. The number of aromatic nitrogens is 2. The summed E-state index contributed by atoms with van der Waals surface area (Å²) >= 11 is 0. The topological polar surface area (TPSA) is 85.7 Å². The van der Waals surface area contributed by atoms with Gasteiger partial charge >= 0.3 is 0 Å². The third kappa shape index (κ3) is 4.78. The van der Waals surface area contributed by atoms with E-state index in [9.17, 15) is 9.59 Å². The van der Waals surface area contributed by atoms with Gasteiger partial charge in [-0.3, -0.25) is 14.3 Å². The van der Waals surface area contributed by atoms with E-state index < -0.39 is 0 Å². The molecule has 0 radical (unpaired) electrons. The lowest BCUT2D eigenvalue weighted by Crippen LogP contribution is -2.31. The van der Waals surface area contributed by atoms with Gasteiger partial charge in [0.15, 0.2) is 0 Å². The van der Waals surface area contributed by atoms with E-state index in [-0.39, 0.29) is 31.1 Å². The number of nitrogens with zero attached hydrogens (tertiary/aromatic N) is 3. The highest BCUT2D eigenvalue weighted by molar-refractivity contribution is 5.91. The molecule has 24 heavy (non-hydrogen) atoms. The van der Waals surface area contributed by atoms with Gasteiger partial charge in [0, 0.05) is 25.9 Å². The first-order valence-corrected chi connectivity index (χ1v) is 8.50. The summed E-state index contributed by atoms with van der Waals surface area (Å²) in [6, 6.07) is 0. The highest BCUT2D eigenvalue weighted by Crippen LogP contribution is 2.12. The molecule has 1 atom stereocenters. The predicted octanol–water partition coefficient (Wildman–Crippen LogP) is 0.640. The zero-order valence-corrected chi connectivity index (χ0v) is 13.8. The maximum absolute atomic E-state index is 12.1. The molecule has 1 aromatic rings. The Bertz CT molecular complexity index is 562. The van der Waals surface area contributed by atoms with Gasteiger partial charge in [-0.15, -0.1) is 0 Å². The Hall–Kier alpha value is -1.93. The van der Waals surface area contributed by atoms with Crippen molar-refractivity contribution in [2.45, 2.75) is 38.3 Å². The highest BCUT2D eigenvalue weighted by atomic mass is 16.5. The Morgan fingerprint density at radius 2 is 2.17 bits per heavy atom. The summed E-state index contributed by atoms with van der Waals surface area (Å²) in [7, 11) is 0. The van der Waals surface area contributed by atoms with Crippen molar-refractivity contribution in [2.75, 3.05) is 38.2 Å². The van der Waals surface area contributed by atoms with E-state index in [1.807, 2.05) is 4.90 Å². The van der Waals surface area contributed by atoms with Crippen LogP contribution in [0.2, 0.25) is 0 Å². The van der Waals surface area contributed by atoms with Crippen molar-refractivity contribution in [3.63, 3.8) is 0 Å². The first kappa shape index (κ1) is 16.9. The molecule has 1 unspecified atom stereocenters. The number of anilines is 1. The average Bonchev–Trinajstić information content (AvgIpc) is 3.30. The Kier molecular flexibility index (Phi) is 5.81. The van der Waals surface area contributed by atoms with Crippen molar-refractivity contribution < 1.29 is 19.1 Å². The zero-order chi connectivity index (χ0) is 16.8. The molecule has 2 aliphatic rings. The summed E-state index contributed by atoms with van der Waals surface area (Å²) in [4.78, 5) is 25.7. The predicted molar refractivity (Wildman–Crippen MR) is 86.5 cm³/mol. The Morgan fingerprint density at radius 1 is 1.33 bits per heavy atom. The Morgan fingerprint density at radius 3 is 2.92 bits per heavy atom. The second-order valence-electron chi connectivity index (χ2n) is 6.21. The van der Waals surface area contributed by atoms with E-state index in [4.69, 9.17) is 9.47 Å². The van der Waals surface area contributed by atoms with Crippen LogP contribution in [0.5, 0.6) is 0 Å². The zero-order valence-electron chi connectivity index (χ0n) is 13.8. The second kappa shape index (κ2) is 8.25. The number of hydrogen-bond acceptors (Lipinski definition) is 5. The van der Waals surface area contributed by atoms with Crippen molar-refractivity contribution in [2.24, 2.45) is 0 Å². The molecular formula is C16H24N4O4. The van der Waals surface area contributed by atoms with Gasteiger partial charge in [0.2, 0.25) is 11.8 Å². The number of likely N-dealkylation sites (tertiary alicyclic amines) is 1. The fraction of sp³-hybridized carbons (Fsp3) is 0.688. The van der Waals surface area contributed by atoms with Crippen LogP contribution >= 0.6 is 0 Å². The third-order valence-corrected chi connectivity index (χ3v) is 4.23. The van der Waals surface area contributed by atoms with E-state index in [1.54, 1.807) is 10.9 Å². The lowest BCUT2D eigenvalue weighted by molar-refractivity contribution is -0.131. The first-order valence-electron chi connectivity index (χ1n) is 8.50. The van der Waals surface area contributed by atoms with Gasteiger partial charge in [-0.2, -0.15) is 5.10 Å². The largest absolute Gasteiger partial charge is 0.376 e. The van der Waals surface area contributed by atoms with E-state index in [2.05, 4.69) is 10.4 Å². The molecule has 8 heteroatoms. The van der Waals surface area contributed by atoms with Gasteiger partial charge in [0.25, 0.3) is 0 Å². The van der Waals surface area contributed by atoms with Crippen LogP contribution in [0, 0.1) is 0 Å². The average molecular weight is 336 g/mol. The van der Waals surface area contributed by atoms with Crippen molar-refractivity contribution in [3.05, 3.63) is 12.4 Å². The standard InChI is InChI=1S/C16H24N4O4/c21-15(12-23-11-14-4-3-7-24-14)18-13-8-17-20(9-13)10-16(22)19-5-1-2-6-19/h8-9,14H,1-7,10-12H2,(H,18,21). The summed E-state index contributed by atoms with van der Waals surface area (Å²) in [5.41, 5.74) is 0.565. The van der Waals surface area contributed by atoms with Crippen molar-refractivity contribution in [1.29, 1.82) is 0 Å². The number of carbonyl (C=O) groups excluding carboxylic acids is 2. The fourth-order valence-corrected chi connectivity index (χ4v) is 2.98. The third-order valence-electron chi connectivity index (χ3n) is 4.23. The number of nitrogens with one attached hydrogen (secondary N) is 1. The molecule has 3 rings (SSSR count). The number of carbonyl (C=O) groups is 2. The van der Waals surface area contributed by atoms with Gasteiger partial charge in [-0.05, 0) is 25.7 Å². The van der Waals surface area contributed by atoms with E-state index in [1.165, 1.54) is 6.20 Å².